The van der Waals surface area contributed by atoms with Crippen molar-refractivity contribution >= 4 is 5.96 Å². The van der Waals surface area contributed by atoms with Crippen molar-refractivity contribution in [2.24, 2.45) is 4.99 Å². The maximum atomic E-state index is 10.2. The molecule has 0 saturated heterocycles. The van der Waals surface area contributed by atoms with Gasteiger partial charge in [0.1, 0.15) is 12.4 Å². The largest absolute Gasteiger partial charge is 0.492 e. The number of likely N-dealkylation sites (N-methyl/N-ethyl adjacent to an activating group) is 1. The highest BCUT2D eigenvalue weighted by molar-refractivity contribution is 5.79. The molecule has 1 aliphatic carbocycles. The van der Waals surface area contributed by atoms with Crippen LogP contribution in [0.5, 0.6) is 5.75 Å². The molecule has 0 unspecified atom stereocenters. The summed E-state index contributed by atoms with van der Waals surface area (Å²) in [5.74, 6) is 1.70. The zero-order valence-corrected chi connectivity index (χ0v) is 14.5. The molecule has 0 aromatic heterocycles. The van der Waals surface area contributed by atoms with Gasteiger partial charge in [0.2, 0.25) is 0 Å². The Morgan fingerprint density at radius 2 is 2.04 bits per heavy atom. The summed E-state index contributed by atoms with van der Waals surface area (Å²) in [6.45, 7) is 6.71. The average Bonchev–Trinajstić information content (AvgIpc) is 2.51. The van der Waals surface area contributed by atoms with Gasteiger partial charge >= 0.3 is 0 Å². The minimum atomic E-state index is -0.583. The van der Waals surface area contributed by atoms with Crippen molar-refractivity contribution in [2.75, 3.05) is 33.3 Å². The summed E-state index contributed by atoms with van der Waals surface area (Å²) in [4.78, 5) is 6.61. The van der Waals surface area contributed by atoms with E-state index >= 15 is 0 Å². The van der Waals surface area contributed by atoms with Crippen LogP contribution >= 0.6 is 0 Å². The minimum absolute atomic E-state index is 0.471. The van der Waals surface area contributed by atoms with Gasteiger partial charge in [0.05, 0.1) is 18.7 Å². The van der Waals surface area contributed by atoms with E-state index < -0.39 is 5.60 Å². The number of nitrogens with one attached hydrogen (secondary N) is 1. The van der Waals surface area contributed by atoms with E-state index in [-0.39, 0.29) is 0 Å². The fourth-order valence-corrected chi connectivity index (χ4v) is 2.48. The molecule has 23 heavy (non-hydrogen) atoms. The summed E-state index contributed by atoms with van der Waals surface area (Å²) in [6.07, 6.45) is 2.81. The third-order valence-electron chi connectivity index (χ3n) is 4.22. The second-order valence-electron chi connectivity index (χ2n) is 6.33. The quantitative estimate of drug-likeness (QED) is 0.597. The van der Waals surface area contributed by atoms with E-state index in [1.807, 2.05) is 43.1 Å². The predicted molar refractivity (Wildman–Crippen MR) is 94.1 cm³/mol. The van der Waals surface area contributed by atoms with Crippen molar-refractivity contribution in [1.82, 2.24) is 10.2 Å². The molecule has 2 rings (SSSR count). The van der Waals surface area contributed by atoms with Crippen LogP contribution in [0.4, 0.5) is 0 Å². The molecule has 5 heteroatoms. The standard InChI is InChI=1S/C18H29N3O2/c1-4-19-17(20-14-18(22)10-5-11-18)21(3)12-13-23-16-8-6-15(2)7-9-16/h6-9,22H,4-5,10-14H2,1-3H3,(H,19,20). The number of benzene rings is 1. The number of aryl methyl sites for hydroxylation is 1. The number of aliphatic hydroxyl groups is 1. The molecule has 0 atom stereocenters. The molecule has 1 saturated carbocycles. The Kier molecular flexibility index (Phi) is 6.28. The van der Waals surface area contributed by atoms with Crippen molar-refractivity contribution in [3.8, 4) is 5.75 Å². The Hall–Kier alpha value is -1.75. The molecule has 0 amide bonds. The van der Waals surface area contributed by atoms with Crippen LogP contribution in [0, 0.1) is 6.92 Å². The first kappa shape index (κ1) is 17.6. The normalized spacial score (nSPS) is 16.6. The van der Waals surface area contributed by atoms with Crippen LogP contribution in [0.15, 0.2) is 29.3 Å². The molecule has 1 fully saturated rings. The molecule has 128 valence electrons. The van der Waals surface area contributed by atoms with E-state index in [0.717, 1.165) is 44.1 Å². The van der Waals surface area contributed by atoms with Gasteiger partial charge in [0.25, 0.3) is 0 Å². The van der Waals surface area contributed by atoms with E-state index in [4.69, 9.17) is 4.74 Å². The molecular formula is C18H29N3O2. The second-order valence-corrected chi connectivity index (χ2v) is 6.33. The number of rotatable bonds is 7. The summed E-state index contributed by atoms with van der Waals surface area (Å²) in [7, 11) is 1.99. The van der Waals surface area contributed by atoms with Gasteiger partial charge < -0.3 is 20.1 Å². The van der Waals surface area contributed by atoms with Gasteiger partial charge in [-0.2, -0.15) is 0 Å². The zero-order valence-electron chi connectivity index (χ0n) is 14.5. The molecule has 1 aromatic rings. The molecule has 1 aromatic carbocycles. The zero-order chi connectivity index (χ0) is 16.7. The van der Waals surface area contributed by atoms with Crippen LogP contribution in [-0.2, 0) is 0 Å². The van der Waals surface area contributed by atoms with Gasteiger partial charge in [-0.15, -0.1) is 0 Å². The predicted octanol–water partition coefficient (Wildman–Crippen LogP) is 2.19. The third-order valence-corrected chi connectivity index (χ3v) is 4.22. The van der Waals surface area contributed by atoms with Gasteiger partial charge in [-0.05, 0) is 45.2 Å². The highest BCUT2D eigenvalue weighted by Crippen LogP contribution is 2.31. The summed E-state index contributed by atoms with van der Waals surface area (Å²) >= 11 is 0. The molecule has 2 N–H and O–H groups in total. The second kappa shape index (κ2) is 8.20. The van der Waals surface area contributed by atoms with Crippen LogP contribution in [0.25, 0.3) is 0 Å². The summed E-state index contributed by atoms with van der Waals surface area (Å²) in [5, 5.41) is 13.4. The number of ether oxygens (including phenoxy) is 1. The first-order valence-corrected chi connectivity index (χ1v) is 8.44. The highest BCUT2D eigenvalue weighted by atomic mass is 16.5. The fourth-order valence-electron chi connectivity index (χ4n) is 2.48. The summed E-state index contributed by atoms with van der Waals surface area (Å²) in [5.41, 5.74) is 0.643. The fraction of sp³-hybridized carbons (Fsp3) is 0.611. The maximum Gasteiger partial charge on any atom is 0.193 e. The Balaban J connectivity index is 1.81. The molecule has 0 radical (unpaired) electrons. The van der Waals surface area contributed by atoms with Crippen molar-refractivity contribution in [1.29, 1.82) is 0 Å². The van der Waals surface area contributed by atoms with Crippen LogP contribution in [0.3, 0.4) is 0 Å². The molecule has 0 aliphatic heterocycles. The number of aliphatic imine (C=N–C) groups is 1. The first-order valence-electron chi connectivity index (χ1n) is 8.44. The first-order chi connectivity index (χ1) is 11.0. The lowest BCUT2D eigenvalue weighted by molar-refractivity contribution is -0.0237. The average molecular weight is 319 g/mol. The molecule has 0 spiro atoms. The number of nitrogens with zero attached hydrogens (tertiary/aromatic N) is 2. The maximum absolute atomic E-state index is 10.2. The smallest absolute Gasteiger partial charge is 0.193 e. The molecule has 0 heterocycles. The third kappa shape index (κ3) is 5.43. The monoisotopic (exact) mass is 319 g/mol. The van der Waals surface area contributed by atoms with Gasteiger partial charge in [-0.1, -0.05) is 17.7 Å². The number of guanidine groups is 1. The van der Waals surface area contributed by atoms with Crippen LogP contribution in [0.2, 0.25) is 0 Å². The van der Waals surface area contributed by atoms with Crippen molar-refractivity contribution < 1.29 is 9.84 Å². The minimum Gasteiger partial charge on any atom is -0.492 e. The van der Waals surface area contributed by atoms with Crippen LogP contribution in [0.1, 0.15) is 31.7 Å². The number of hydrogen-bond donors (Lipinski definition) is 2. The van der Waals surface area contributed by atoms with E-state index in [1.165, 1.54) is 5.56 Å². The van der Waals surface area contributed by atoms with Crippen LogP contribution in [-0.4, -0.2) is 54.9 Å². The lowest BCUT2D eigenvalue weighted by atomic mass is 9.80. The topological polar surface area (TPSA) is 57.1 Å². The van der Waals surface area contributed by atoms with E-state index in [1.54, 1.807) is 0 Å². The van der Waals surface area contributed by atoms with Gasteiger partial charge in [-0.3, -0.25) is 4.99 Å². The van der Waals surface area contributed by atoms with E-state index in [2.05, 4.69) is 17.2 Å². The molecule has 1 aliphatic rings. The SMILES string of the molecule is CCNC(=NCC1(O)CCC1)N(C)CCOc1ccc(C)cc1. The van der Waals surface area contributed by atoms with Crippen molar-refractivity contribution in [3.05, 3.63) is 29.8 Å². The summed E-state index contributed by atoms with van der Waals surface area (Å²) in [6, 6.07) is 8.06. The van der Waals surface area contributed by atoms with Gasteiger partial charge in [-0.25, -0.2) is 0 Å². The van der Waals surface area contributed by atoms with E-state index in [0.29, 0.717) is 13.2 Å². The molecule has 0 bridgehead atoms. The number of hydrogen-bond acceptors (Lipinski definition) is 3. The lowest BCUT2D eigenvalue weighted by Gasteiger charge is -2.35. The van der Waals surface area contributed by atoms with Gasteiger partial charge in [0, 0.05) is 13.6 Å². The molecule has 5 nitrogen and oxygen atoms in total. The van der Waals surface area contributed by atoms with E-state index in [9.17, 15) is 5.11 Å². The van der Waals surface area contributed by atoms with Crippen LogP contribution < -0.4 is 10.1 Å². The Morgan fingerprint density at radius 3 is 2.61 bits per heavy atom. The van der Waals surface area contributed by atoms with Crippen molar-refractivity contribution in [2.45, 2.75) is 38.7 Å². The van der Waals surface area contributed by atoms with Crippen molar-refractivity contribution in [3.63, 3.8) is 0 Å². The Bertz CT molecular complexity index is 510. The Morgan fingerprint density at radius 1 is 1.35 bits per heavy atom. The molecular weight excluding hydrogens is 290 g/mol. The highest BCUT2D eigenvalue weighted by Gasteiger charge is 2.34. The Labute approximate surface area is 139 Å². The van der Waals surface area contributed by atoms with Gasteiger partial charge in [0.15, 0.2) is 5.96 Å². The summed E-state index contributed by atoms with van der Waals surface area (Å²) < 4.78 is 5.76. The lowest BCUT2D eigenvalue weighted by Crippen LogP contribution is -2.44.